The molecule has 0 saturated carbocycles. The molecule has 0 aliphatic rings. The summed E-state index contributed by atoms with van der Waals surface area (Å²) in [5, 5.41) is 3.44. The molecule has 4 heteroatoms. The van der Waals surface area contributed by atoms with E-state index >= 15 is 0 Å². The summed E-state index contributed by atoms with van der Waals surface area (Å²) in [5.41, 5.74) is 10.3. The number of nitrogens with zero attached hydrogens (tertiary/aromatic N) is 2. The summed E-state index contributed by atoms with van der Waals surface area (Å²) in [5.74, 6) is 0. The van der Waals surface area contributed by atoms with Gasteiger partial charge in [-0.2, -0.15) is 0 Å². The van der Waals surface area contributed by atoms with E-state index in [-0.39, 0.29) is 6.04 Å². The van der Waals surface area contributed by atoms with Crippen LogP contribution in [-0.4, -0.2) is 9.97 Å². The van der Waals surface area contributed by atoms with Gasteiger partial charge in [0.25, 0.3) is 0 Å². The van der Waals surface area contributed by atoms with Crippen LogP contribution in [0.3, 0.4) is 0 Å². The number of fused-ring (bicyclic) bond motifs is 1. The van der Waals surface area contributed by atoms with Gasteiger partial charge in [-0.05, 0) is 24.6 Å². The van der Waals surface area contributed by atoms with Crippen molar-refractivity contribution in [3.63, 3.8) is 0 Å². The lowest BCUT2D eigenvalue weighted by Gasteiger charge is -2.18. The van der Waals surface area contributed by atoms with Crippen molar-refractivity contribution in [2.24, 2.45) is 0 Å². The second-order valence-electron chi connectivity index (χ2n) is 4.74. The fourth-order valence-corrected chi connectivity index (χ4v) is 2.23. The van der Waals surface area contributed by atoms with Crippen LogP contribution in [0.15, 0.2) is 54.9 Å². The summed E-state index contributed by atoms with van der Waals surface area (Å²) in [6.45, 7) is 2.10. The molecule has 3 rings (SSSR count). The highest BCUT2D eigenvalue weighted by Gasteiger charge is 2.11. The van der Waals surface area contributed by atoms with Crippen LogP contribution >= 0.6 is 0 Å². The predicted octanol–water partition coefficient (Wildman–Crippen LogP) is 3.39. The number of hydrogen-bond acceptors (Lipinski definition) is 4. The molecule has 0 aliphatic carbocycles. The number of anilines is 2. The minimum Gasteiger partial charge on any atom is -0.396 e. The topological polar surface area (TPSA) is 63.8 Å². The largest absolute Gasteiger partial charge is 0.396 e. The van der Waals surface area contributed by atoms with E-state index in [0.717, 1.165) is 16.7 Å². The van der Waals surface area contributed by atoms with Crippen LogP contribution in [0.2, 0.25) is 0 Å². The first-order valence-electron chi connectivity index (χ1n) is 6.56. The van der Waals surface area contributed by atoms with Crippen LogP contribution in [0, 0.1) is 0 Å². The Morgan fingerprint density at radius 2 is 1.85 bits per heavy atom. The molecule has 0 radical (unpaired) electrons. The van der Waals surface area contributed by atoms with Gasteiger partial charge in [0.05, 0.1) is 23.1 Å². The van der Waals surface area contributed by atoms with Gasteiger partial charge in [0.1, 0.15) is 5.52 Å². The summed E-state index contributed by atoms with van der Waals surface area (Å²) in [6, 6.07) is 14.2. The van der Waals surface area contributed by atoms with Crippen molar-refractivity contribution < 1.29 is 0 Å². The van der Waals surface area contributed by atoms with Crippen LogP contribution in [-0.2, 0) is 0 Å². The highest BCUT2D eigenvalue weighted by atomic mass is 15.0. The Hall–Kier alpha value is -2.62. The average Bonchev–Trinajstić information content (AvgIpc) is 2.51. The maximum Gasteiger partial charge on any atom is 0.114 e. The van der Waals surface area contributed by atoms with Crippen molar-refractivity contribution in [2.45, 2.75) is 13.0 Å². The van der Waals surface area contributed by atoms with E-state index in [1.807, 2.05) is 30.3 Å². The molecular formula is C16H16N4. The Balaban J connectivity index is 2.00. The zero-order valence-electron chi connectivity index (χ0n) is 11.2. The molecule has 1 atom stereocenters. The normalized spacial score (nSPS) is 12.2. The van der Waals surface area contributed by atoms with Crippen LogP contribution in [0.5, 0.6) is 0 Å². The Morgan fingerprint density at radius 1 is 1.05 bits per heavy atom. The van der Waals surface area contributed by atoms with Crippen molar-refractivity contribution in [1.82, 2.24) is 9.97 Å². The predicted molar refractivity (Wildman–Crippen MR) is 82.4 cm³/mol. The van der Waals surface area contributed by atoms with Crippen molar-refractivity contribution in [3.8, 4) is 0 Å². The van der Waals surface area contributed by atoms with E-state index in [9.17, 15) is 0 Å². The van der Waals surface area contributed by atoms with Crippen molar-refractivity contribution in [3.05, 3.63) is 60.4 Å². The first kappa shape index (κ1) is 12.4. The third-order valence-electron chi connectivity index (χ3n) is 3.32. The molecule has 0 bridgehead atoms. The minimum atomic E-state index is 0.145. The number of nitrogens with two attached hydrogens (primary N) is 1. The lowest BCUT2D eigenvalue weighted by atomic mass is 10.1. The number of nitrogens with one attached hydrogen (secondary N) is 1. The van der Waals surface area contributed by atoms with E-state index in [0.29, 0.717) is 5.69 Å². The Bertz CT molecular complexity index is 725. The molecule has 0 spiro atoms. The summed E-state index contributed by atoms with van der Waals surface area (Å²) in [4.78, 5) is 8.68. The van der Waals surface area contributed by atoms with Gasteiger partial charge in [0, 0.05) is 12.2 Å². The SMILES string of the molecule is C[C@H](Nc1c(N)cnc2cccnc12)c1ccccc1. The van der Waals surface area contributed by atoms with E-state index in [2.05, 4.69) is 34.3 Å². The lowest BCUT2D eigenvalue weighted by Crippen LogP contribution is -2.09. The van der Waals surface area contributed by atoms with Crippen molar-refractivity contribution in [2.75, 3.05) is 11.1 Å². The number of hydrogen-bond donors (Lipinski definition) is 2. The number of pyridine rings is 2. The Morgan fingerprint density at radius 3 is 2.65 bits per heavy atom. The quantitative estimate of drug-likeness (QED) is 0.761. The molecule has 100 valence electrons. The van der Waals surface area contributed by atoms with Gasteiger partial charge in [-0.3, -0.25) is 9.97 Å². The molecule has 3 N–H and O–H groups in total. The van der Waals surface area contributed by atoms with E-state index < -0.39 is 0 Å². The van der Waals surface area contributed by atoms with Crippen LogP contribution < -0.4 is 11.1 Å². The standard InChI is InChI=1S/C16H16N4/c1-11(12-6-3-2-4-7-12)20-15-13(17)10-19-14-8-5-9-18-16(14)15/h2-11H,17H2,1H3,(H,19,20)/t11-/m0/s1. The molecule has 0 saturated heterocycles. The maximum atomic E-state index is 6.05. The van der Waals surface area contributed by atoms with E-state index in [1.54, 1.807) is 12.4 Å². The minimum absolute atomic E-state index is 0.145. The molecule has 0 fully saturated rings. The van der Waals surface area contributed by atoms with Gasteiger partial charge in [-0.1, -0.05) is 30.3 Å². The summed E-state index contributed by atoms with van der Waals surface area (Å²) in [6.07, 6.45) is 3.42. The fraction of sp³-hybridized carbons (Fsp3) is 0.125. The molecule has 20 heavy (non-hydrogen) atoms. The Labute approximate surface area is 117 Å². The fourth-order valence-electron chi connectivity index (χ4n) is 2.23. The highest BCUT2D eigenvalue weighted by molar-refractivity contribution is 5.93. The molecule has 0 aliphatic heterocycles. The molecule has 3 aromatic rings. The number of rotatable bonds is 3. The number of nitrogen functional groups attached to an aromatic ring is 1. The third kappa shape index (κ3) is 2.28. The van der Waals surface area contributed by atoms with E-state index in [4.69, 9.17) is 5.73 Å². The van der Waals surface area contributed by atoms with Crippen molar-refractivity contribution in [1.29, 1.82) is 0 Å². The molecule has 0 unspecified atom stereocenters. The number of aromatic nitrogens is 2. The second kappa shape index (κ2) is 5.17. The molecule has 2 heterocycles. The molecule has 4 nitrogen and oxygen atoms in total. The summed E-state index contributed by atoms with van der Waals surface area (Å²) in [7, 11) is 0. The van der Waals surface area contributed by atoms with Gasteiger partial charge in [0.2, 0.25) is 0 Å². The highest BCUT2D eigenvalue weighted by Crippen LogP contribution is 2.29. The first-order chi connectivity index (χ1) is 9.75. The average molecular weight is 264 g/mol. The van der Waals surface area contributed by atoms with Gasteiger partial charge >= 0.3 is 0 Å². The smallest absolute Gasteiger partial charge is 0.114 e. The van der Waals surface area contributed by atoms with Crippen LogP contribution in [0.25, 0.3) is 11.0 Å². The monoisotopic (exact) mass is 264 g/mol. The lowest BCUT2D eigenvalue weighted by molar-refractivity contribution is 0.886. The zero-order chi connectivity index (χ0) is 13.9. The molecule has 2 aromatic heterocycles. The van der Waals surface area contributed by atoms with Crippen LogP contribution in [0.1, 0.15) is 18.5 Å². The first-order valence-corrected chi connectivity index (χ1v) is 6.56. The molecule has 0 amide bonds. The van der Waals surface area contributed by atoms with Gasteiger partial charge in [0.15, 0.2) is 0 Å². The maximum absolute atomic E-state index is 6.05. The molecule has 1 aromatic carbocycles. The van der Waals surface area contributed by atoms with E-state index in [1.165, 1.54) is 5.56 Å². The third-order valence-corrected chi connectivity index (χ3v) is 3.32. The molecular weight excluding hydrogens is 248 g/mol. The zero-order valence-corrected chi connectivity index (χ0v) is 11.2. The van der Waals surface area contributed by atoms with Crippen molar-refractivity contribution >= 4 is 22.4 Å². The summed E-state index contributed by atoms with van der Waals surface area (Å²) >= 11 is 0. The van der Waals surface area contributed by atoms with Crippen LogP contribution in [0.4, 0.5) is 11.4 Å². The number of benzene rings is 1. The summed E-state index contributed by atoms with van der Waals surface area (Å²) < 4.78 is 0. The van der Waals surface area contributed by atoms with Gasteiger partial charge < -0.3 is 11.1 Å². The van der Waals surface area contributed by atoms with Gasteiger partial charge in [-0.15, -0.1) is 0 Å². The van der Waals surface area contributed by atoms with Gasteiger partial charge in [-0.25, -0.2) is 0 Å². The second-order valence-corrected chi connectivity index (χ2v) is 4.74. The Kier molecular flexibility index (Phi) is 3.21.